The fourth-order valence-corrected chi connectivity index (χ4v) is 3.74. The molecule has 4 nitrogen and oxygen atoms in total. The number of halogens is 1. The van der Waals surface area contributed by atoms with Crippen LogP contribution in [-0.4, -0.2) is 24.5 Å². The van der Waals surface area contributed by atoms with Gasteiger partial charge in [0.25, 0.3) is 0 Å². The number of thiophene rings is 1. The molecule has 24 heavy (non-hydrogen) atoms. The summed E-state index contributed by atoms with van der Waals surface area (Å²) >= 11 is 3.52. The molecule has 1 unspecified atom stereocenters. The SMILES string of the molecule is CN=C(NCc1csc(C(C)(C)C)n1)NCC(C)c1cccs1.I. The van der Waals surface area contributed by atoms with E-state index < -0.39 is 0 Å². The second-order valence-corrected chi connectivity index (χ2v) is 8.45. The van der Waals surface area contributed by atoms with Crippen molar-refractivity contribution in [1.82, 2.24) is 15.6 Å². The molecule has 7 heteroatoms. The number of hydrogen-bond acceptors (Lipinski definition) is 4. The molecule has 1 atom stereocenters. The van der Waals surface area contributed by atoms with Gasteiger partial charge in [0.05, 0.1) is 17.2 Å². The number of aliphatic imine (C=N–C) groups is 1. The zero-order valence-corrected chi connectivity index (χ0v) is 18.9. The van der Waals surface area contributed by atoms with E-state index in [1.807, 2.05) is 0 Å². The van der Waals surface area contributed by atoms with Crippen LogP contribution in [0.25, 0.3) is 0 Å². The topological polar surface area (TPSA) is 49.3 Å². The Morgan fingerprint density at radius 1 is 1.29 bits per heavy atom. The zero-order valence-electron chi connectivity index (χ0n) is 14.9. The van der Waals surface area contributed by atoms with Gasteiger partial charge in [-0.3, -0.25) is 4.99 Å². The molecule has 0 fully saturated rings. The first-order valence-corrected chi connectivity index (χ1v) is 9.59. The third-order valence-corrected chi connectivity index (χ3v) is 5.88. The van der Waals surface area contributed by atoms with E-state index in [1.54, 1.807) is 29.7 Å². The summed E-state index contributed by atoms with van der Waals surface area (Å²) in [6.45, 7) is 10.4. The minimum Gasteiger partial charge on any atom is -0.356 e. The molecule has 2 N–H and O–H groups in total. The van der Waals surface area contributed by atoms with Crippen molar-refractivity contribution < 1.29 is 0 Å². The lowest BCUT2D eigenvalue weighted by Crippen LogP contribution is -2.38. The molecule has 0 saturated heterocycles. The smallest absolute Gasteiger partial charge is 0.191 e. The van der Waals surface area contributed by atoms with Crippen LogP contribution in [0.4, 0.5) is 0 Å². The van der Waals surface area contributed by atoms with Crippen LogP contribution in [-0.2, 0) is 12.0 Å². The van der Waals surface area contributed by atoms with Crippen molar-refractivity contribution in [2.24, 2.45) is 4.99 Å². The first-order valence-electron chi connectivity index (χ1n) is 7.83. The summed E-state index contributed by atoms with van der Waals surface area (Å²) in [7, 11) is 1.80. The van der Waals surface area contributed by atoms with E-state index in [9.17, 15) is 0 Å². The number of rotatable bonds is 5. The summed E-state index contributed by atoms with van der Waals surface area (Å²) in [5.74, 6) is 1.29. The fraction of sp³-hybridized carbons (Fsp3) is 0.529. The third kappa shape index (κ3) is 6.33. The van der Waals surface area contributed by atoms with Crippen LogP contribution in [0.15, 0.2) is 27.9 Å². The summed E-state index contributed by atoms with van der Waals surface area (Å²) in [6, 6.07) is 4.27. The van der Waals surface area contributed by atoms with Crippen molar-refractivity contribution in [1.29, 1.82) is 0 Å². The molecule has 0 bridgehead atoms. The predicted octanol–water partition coefficient (Wildman–Crippen LogP) is 4.59. The van der Waals surface area contributed by atoms with Gasteiger partial charge in [-0.15, -0.1) is 46.7 Å². The van der Waals surface area contributed by atoms with Crippen LogP contribution >= 0.6 is 46.7 Å². The maximum atomic E-state index is 4.70. The molecule has 0 aliphatic rings. The van der Waals surface area contributed by atoms with Gasteiger partial charge in [0.15, 0.2) is 5.96 Å². The van der Waals surface area contributed by atoms with Gasteiger partial charge in [0.2, 0.25) is 0 Å². The van der Waals surface area contributed by atoms with E-state index in [0.717, 1.165) is 18.2 Å². The predicted molar refractivity (Wildman–Crippen MR) is 117 cm³/mol. The Balaban J connectivity index is 0.00000288. The Bertz CT molecular complexity index is 629. The molecule has 0 aromatic carbocycles. The molecular weight excluding hydrogens is 451 g/mol. The van der Waals surface area contributed by atoms with Crippen LogP contribution in [0.1, 0.15) is 49.2 Å². The van der Waals surface area contributed by atoms with E-state index in [2.05, 4.69) is 66.2 Å². The molecule has 0 aliphatic carbocycles. The van der Waals surface area contributed by atoms with Crippen LogP contribution in [0.5, 0.6) is 0 Å². The summed E-state index contributed by atoms with van der Waals surface area (Å²) in [4.78, 5) is 10.4. The number of hydrogen-bond donors (Lipinski definition) is 2. The van der Waals surface area contributed by atoms with Crippen LogP contribution in [0.2, 0.25) is 0 Å². The van der Waals surface area contributed by atoms with E-state index in [4.69, 9.17) is 4.98 Å². The van der Waals surface area contributed by atoms with E-state index >= 15 is 0 Å². The van der Waals surface area contributed by atoms with Crippen molar-refractivity contribution >= 4 is 52.6 Å². The average molecular weight is 478 g/mol. The van der Waals surface area contributed by atoms with Gasteiger partial charge >= 0.3 is 0 Å². The van der Waals surface area contributed by atoms with Crippen molar-refractivity contribution in [3.05, 3.63) is 38.5 Å². The van der Waals surface area contributed by atoms with Crippen LogP contribution in [0, 0.1) is 0 Å². The highest BCUT2D eigenvalue weighted by Crippen LogP contribution is 2.25. The summed E-state index contributed by atoms with van der Waals surface area (Å²) < 4.78 is 0. The number of guanidine groups is 1. The second kappa shape index (κ2) is 9.72. The van der Waals surface area contributed by atoms with Gasteiger partial charge in [0, 0.05) is 35.2 Å². The lowest BCUT2D eigenvalue weighted by atomic mass is 9.98. The van der Waals surface area contributed by atoms with Crippen molar-refractivity contribution in [3.8, 4) is 0 Å². The van der Waals surface area contributed by atoms with Gasteiger partial charge in [-0.1, -0.05) is 33.8 Å². The molecule has 0 aliphatic heterocycles. The fourth-order valence-electron chi connectivity index (χ4n) is 2.05. The van der Waals surface area contributed by atoms with Gasteiger partial charge < -0.3 is 10.6 Å². The number of nitrogens with zero attached hydrogens (tertiary/aromatic N) is 2. The lowest BCUT2D eigenvalue weighted by molar-refractivity contribution is 0.582. The molecule has 2 aromatic rings. The molecule has 0 radical (unpaired) electrons. The first kappa shape index (κ1) is 21.4. The van der Waals surface area contributed by atoms with Crippen molar-refractivity contribution in [3.63, 3.8) is 0 Å². The van der Waals surface area contributed by atoms with E-state index in [0.29, 0.717) is 12.5 Å². The average Bonchev–Trinajstić information content (AvgIpc) is 3.18. The minimum atomic E-state index is 0. The van der Waals surface area contributed by atoms with Crippen LogP contribution < -0.4 is 10.6 Å². The van der Waals surface area contributed by atoms with Gasteiger partial charge in [0.1, 0.15) is 0 Å². The number of thiazole rings is 1. The quantitative estimate of drug-likeness (QED) is 0.376. The highest BCUT2D eigenvalue weighted by molar-refractivity contribution is 14.0. The largest absolute Gasteiger partial charge is 0.356 e. The third-order valence-electron chi connectivity index (χ3n) is 3.46. The minimum absolute atomic E-state index is 0. The molecule has 2 rings (SSSR count). The van der Waals surface area contributed by atoms with E-state index in [-0.39, 0.29) is 29.4 Å². The maximum absolute atomic E-state index is 4.70. The molecule has 0 spiro atoms. The van der Waals surface area contributed by atoms with Crippen LogP contribution in [0.3, 0.4) is 0 Å². The molecule has 134 valence electrons. The summed E-state index contributed by atoms with van der Waals surface area (Å²) in [5.41, 5.74) is 1.17. The molecule has 0 amide bonds. The van der Waals surface area contributed by atoms with Gasteiger partial charge in [-0.25, -0.2) is 4.98 Å². The summed E-state index contributed by atoms with van der Waals surface area (Å²) in [6.07, 6.45) is 0. The lowest BCUT2D eigenvalue weighted by Gasteiger charge is -2.15. The highest BCUT2D eigenvalue weighted by atomic mass is 127. The zero-order chi connectivity index (χ0) is 16.9. The molecule has 0 saturated carbocycles. The van der Waals surface area contributed by atoms with E-state index in [1.165, 1.54) is 9.88 Å². The Morgan fingerprint density at radius 2 is 2.04 bits per heavy atom. The molecule has 2 aromatic heterocycles. The van der Waals surface area contributed by atoms with Gasteiger partial charge in [-0.2, -0.15) is 0 Å². The summed E-state index contributed by atoms with van der Waals surface area (Å²) in [5, 5.41) is 12.1. The number of aromatic nitrogens is 1. The van der Waals surface area contributed by atoms with Crippen molar-refractivity contribution in [2.45, 2.75) is 45.6 Å². The maximum Gasteiger partial charge on any atom is 0.191 e. The molecule has 2 heterocycles. The molecular formula is C17H27IN4S2. The Labute approximate surface area is 170 Å². The number of nitrogens with one attached hydrogen (secondary N) is 2. The Morgan fingerprint density at radius 3 is 2.58 bits per heavy atom. The normalized spacial score (nSPS) is 13.3. The van der Waals surface area contributed by atoms with Gasteiger partial charge in [-0.05, 0) is 11.4 Å². The highest BCUT2D eigenvalue weighted by Gasteiger charge is 2.18. The first-order chi connectivity index (χ1) is 10.9. The Hall–Kier alpha value is -0.670. The monoisotopic (exact) mass is 478 g/mol. The Kier molecular flexibility index (Phi) is 8.66. The second-order valence-electron chi connectivity index (χ2n) is 6.62. The van der Waals surface area contributed by atoms with Crippen molar-refractivity contribution in [2.75, 3.05) is 13.6 Å². The standard InChI is InChI=1S/C17H26N4S2.HI/c1-12(14-7-6-8-22-14)9-19-16(18-5)20-10-13-11-23-15(21-13)17(2,3)4;/h6-8,11-12H,9-10H2,1-5H3,(H2,18,19,20);1H.